The summed E-state index contributed by atoms with van der Waals surface area (Å²) in [5.41, 5.74) is 1.27. The molecule has 26 heavy (non-hydrogen) atoms. The maximum absolute atomic E-state index is 13.1. The van der Waals surface area contributed by atoms with Gasteiger partial charge in [-0.25, -0.2) is 4.79 Å². The number of esters is 1. The van der Waals surface area contributed by atoms with Gasteiger partial charge in [0.15, 0.2) is 0 Å². The summed E-state index contributed by atoms with van der Waals surface area (Å²) in [5.74, 6) is -0.625. The van der Waals surface area contributed by atoms with Crippen molar-refractivity contribution in [1.29, 1.82) is 0 Å². The van der Waals surface area contributed by atoms with Crippen LogP contribution in [0.1, 0.15) is 23.0 Å². The van der Waals surface area contributed by atoms with E-state index >= 15 is 0 Å². The lowest BCUT2D eigenvalue weighted by molar-refractivity contribution is -0.137. The van der Waals surface area contributed by atoms with E-state index in [1.165, 1.54) is 12.1 Å². The number of hydrogen-bond acceptors (Lipinski definition) is 3. The molecule has 0 aliphatic heterocycles. The second kappa shape index (κ2) is 7.03. The molecule has 2 aromatic heterocycles. The van der Waals surface area contributed by atoms with Gasteiger partial charge < -0.3 is 9.72 Å². The summed E-state index contributed by atoms with van der Waals surface area (Å²) >= 11 is 0. The molecule has 0 spiro atoms. The number of halogens is 3. The summed E-state index contributed by atoms with van der Waals surface area (Å²) in [6.45, 7) is 1.82. The van der Waals surface area contributed by atoms with Crippen LogP contribution >= 0.6 is 0 Å². The van der Waals surface area contributed by atoms with Crippen LogP contribution in [-0.4, -0.2) is 22.5 Å². The summed E-state index contributed by atoms with van der Waals surface area (Å²) in [5, 5.41) is 0. The van der Waals surface area contributed by atoms with E-state index in [-0.39, 0.29) is 17.9 Å². The molecule has 0 bridgehead atoms. The number of H-pyrrole nitrogens is 1. The molecule has 1 N–H and O–H groups in total. The maximum Gasteiger partial charge on any atom is 0.416 e. The highest BCUT2D eigenvalue weighted by molar-refractivity contribution is 6.01. The Morgan fingerprint density at radius 1 is 1.15 bits per heavy atom. The Labute approximate surface area is 147 Å². The van der Waals surface area contributed by atoms with Crippen molar-refractivity contribution in [1.82, 2.24) is 9.97 Å². The zero-order valence-electron chi connectivity index (χ0n) is 13.8. The number of hydrogen-bond donors (Lipinski definition) is 1. The Bertz CT molecular complexity index is 918. The predicted octanol–water partition coefficient (Wildman–Crippen LogP) is 4.94. The summed E-state index contributed by atoms with van der Waals surface area (Å²) in [6.07, 6.45) is 0.245. The van der Waals surface area contributed by atoms with Gasteiger partial charge in [-0.3, -0.25) is 4.98 Å². The van der Waals surface area contributed by atoms with E-state index in [9.17, 15) is 18.0 Å². The van der Waals surface area contributed by atoms with E-state index in [1.807, 2.05) is 0 Å². The average molecular weight is 360 g/mol. The molecule has 0 fully saturated rings. The van der Waals surface area contributed by atoms with Crippen molar-refractivity contribution < 1.29 is 22.7 Å². The van der Waals surface area contributed by atoms with Crippen LogP contribution in [0.5, 0.6) is 0 Å². The normalized spacial score (nSPS) is 11.4. The molecular weight excluding hydrogens is 345 g/mol. The quantitative estimate of drug-likeness (QED) is 0.671. The number of benzene rings is 1. The number of ether oxygens (including phenoxy) is 1. The Balaban J connectivity index is 2.21. The fourth-order valence-corrected chi connectivity index (χ4v) is 2.70. The van der Waals surface area contributed by atoms with Crippen LogP contribution in [0.15, 0.2) is 55.0 Å². The van der Waals surface area contributed by atoms with Crippen LogP contribution in [0.4, 0.5) is 13.2 Å². The molecule has 0 aliphatic rings. The van der Waals surface area contributed by atoms with Crippen molar-refractivity contribution in [3.63, 3.8) is 0 Å². The minimum atomic E-state index is -4.48. The molecule has 0 saturated carbocycles. The van der Waals surface area contributed by atoms with Gasteiger partial charge in [0, 0.05) is 29.7 Å². The van der Waals surface area contributed by atoms with Crippen LogP contribution in [-0.2, 0) is 10.9 Å². The second-order valence-corrected chi connectivity index (χ2v) is 5.49. The molecule has 134 valence electrons. The van der Waals surface area contributed by atoms with Crippen LogP contribution in [0.2, 0.25) is 0 Å². The molecule has 0 saturated heterocycles. The lowest BCUT2D eigenvalue weighted by Gasteiger charge is -2.11. The fourth-order valence-electron chi connectivity index (χ4n) is 2.70. The van der Waals surface area contributed by atoms with Crippen LogP contribution in [0, 0.1) is 0 Å². The number of aromatic nitrogens is 2. The van der Waals surface area contributed by atoms with Crippen molar-refractivity contribution in [2.75, 3.05) is 6.61 Å². The first-order valence-electron chi connectivity index (χ1n) is 7.88. The van der Waals surface area contributed by atoms with Crippen molar-refractivity contribution >= 4 is 5.97 Å². The Hall–Kier alpha value is -3.09. The average Bonchev–Trinajstić information content (AvgIpc) is 3.07. The molecule has 1 aromatic carbocycles. The molecule has 0 amide bonds. The minimum Gasteiger partial charge on any atom is -0.461 e. The van der Waals surface area contributed by atoms with Crippen LogP contribution in [0.3, 0.4) is 0 Å². The standard InChI is InChI=1S/C19H15F3N2O2/c1-2-26-18(25)17-16(13-4-3-5-14(10-13)19(20,21)22)15(11-24-17)12-6-8-23-9-7-12/h3-11,24H,2H2,1H3. The highest BCUT2D eigenvalue weighted by Crippen LogP contribution is 2.38. The van der Waals surface area contributed by atoms with Gasteiger partial charge in [0.1, 0.15) is 5.69 Å². The van der Waals surface area contributed by atoms with E-state index < -0.39 is 17.7 Å². The molecule has 3 aromatic rings. The number of carbonyl (C=O) groups excluding carboxylic acids is 1. The Morgan fingerprint density at radius 3 is 2.54 bits per heavy atom. The molecule has 0 radical (unpaired) electrons. The van der Waals surface area contributed by atoms with Gasteiger partial charge in [-0.05, 0) is 42.3 Å². The molecule has 2 heterocycles. The van der Waals surface area contributed by atoms with Gasteiger partial charge >= 0.3 is 12.1 Å². The SMILES string of the molecule is CCOC(=O)c1[nH]cc(-c2ccncc2)c1-c1cccc(C(F)(F)F)c1. The number of nitrogens with one attached hydrogen (secondary N) is 1. The smallest absolute Gasteiger partial charge is 0.416 e. The van der Waals surface area contributed by atoms with E-state index in [0.717, 1.165) is 17.7 Å². The molecule has 0 aliphatic carbocycles. The predicted molar refractivity (Wildman–Crippen MR) is 90.4 cm³/mol. The van der Waals surface area contributed by atoms with Crippen molar-refractivity contribution in [3.8, 4) is 22.3 Å². The first-order chi connectivity index (χ1) is 12.4. The monoisotopic (exact) mass is 360 g/mol. The number of nitrogens with zero attached hydrogens (tertiary/aromatic N) is 1. The Kier molecular flexibility index (Phi) is 4.79. The number of carbonyl (C=O) groups is 1. The summed E-state index contributed by atoms with van der Waals surface area (Å²) in [7, 11) is 0. The first-order valence-corrected chi connectivity index (χ1v) is 7.88. The highest BCUT2D eigenvalue weighted by Gasteiger charge is 2.31. The first kappa shape index (κ1) is 17.7. The summed E-state index contributed by atoms with van der Waals surface area (Å²) in [4.78, 5) is 19.1. The van der Waals surface area contributed by atoms with Crippen molar-refractivity contribution in [3.05, 3.63) is 66.2 Å². The lowest BCUT2D eigenvalue weighted by Crippen LogP contribution is -2.07. The molecule has 4 nitrogen and oxygen atoms in total. The van der Waals surface area contributed by atoms with Gasteiger partial charge in [0.05, 0.1) is 12.2 Å². The van der Waals surface area contributed by atoms with E-state index in [0.29, 0.717) is 11.1 Å². The van der Waals surface area contributed by atoms with Gasteiger partial charge in [-0.2, -0.15) is 13.2 Å². The van der Waals surface area contributed by atoms with Gasteiger partial charge in [-0.15, -0.1) is 0 Å². The highest BCUT2D eigenvalue weighted by atomic mass is 19.4. The third-order valence-corrected chi connectivity index (χ3v) is 3.83. The van der Waals surface area contributed by atoms with E-state index in [2.05, 4.69) is 9.97 Å². The second-order valence-electron chi connectivity index (χ2n) is 5.49. The molecule has 0 unspecified atom stereocenters. The van der Waals surface area contributed by atoms with Crippen molar-refractivity contribution in [2.45, 2.75) is 13.1 Å². The molecule has 3 rings (SSSR count). The topological polar surface area (TPSA) is 55.0 Å². The van der Waals surface area contributed by atoms with Gasteiger partial charge in [-0.1, -0.05) is 12.1 Å². The lowest BCUT2D eigenvalue weighted by atomic mass is 9.96. The van der Waals surface area contributed by atoms with Gasteiger partial charge in [0.2, 0.25) is 0 Å². The maximum atomic E-state index is 13.1. The van der Waals surface area contributed by atoms with E-state index in [1.54, 1.807) is 37.6 Å². The zero-order chi connectivity index (χ0) is 18.7. The van der Waals surface area contributed by atoms with Crippen molar-refractivity contribution in [2.24, 2.45) is 0 Å². The Morgan fingerprint density at radius 2 is 1.88 bits per heavy atom. The number of alkyl halides is 3. The minimum absolute atomic E-state index is 0.109. The fraction of sp³-hybridized carbons (Fsp3) is 0.158. The van der Waals surface area contributed by atoms with Crippen LogP contribution in [0.25, 0.3) is 22.3 Å². The summed E-state index contributed by atoms with van der Waals surface area (Å²) < 4.78 is 44.3. The number of aromatic amines is 1. The van der Waals surface area contributed by atoms with E-state index in [4.69, 9.17) is 4.74 Å². The third kappa shape index (κ3) is 3.46. The number of rotatable bonds is 4. The van der Waals surface area contributed by atoms with Crippen LogP contribution < -0.4 is 0 Å². The third-order valence-electron chi connectivity index (χ3n) is 3.83. The zero-order valence-corrected chi connectivity index (χ0v) is 13.8. The molecule has 7 heteroatoms. The summed E-state index contributed by atoms with van der Waals surface area (Å²) in [6, 6.07) is 8.30. The molecular formula is C19H15F3N2O2. The number of pyridine rings is 1. The molecule has 0 atom stereocenters. The largest absolute Gasteiger partial charge is 0.461 e. The van der Waals surface area contributed by atoms with Gasteiger partial charge in [0.25, 0.3) is 0 Å².